The molecule has 1 aromatic carbocycles. The Labute approximate surface area is 115 Å². The van der Waals surface area contributed by atoms with Gasteiger partial charge in [0.15, 0.2) is 0 Å². The molecule has 1 aromatic rings. The molecule has 0 bridgehead atoms. The van der Waals surface area contributed by atoms with Crippen LogP contribution in [0, 0.1) is 54.4 Å². The van der Waals surface area contributed by atoms with Crippen molar-refractivity contribution in [2.24, 2.45) is 0 Å². The van der Waals surface area contributed by atoms with Gasteiger partial charge in [-0.3, -0.25) is 6.58 Å². The minimum Gasteiger partial charge on any atom is -0.521 e. The van der Waals surface area contributed by atoms with Crippen LogP contribution in [0.25, 0.3) is 0 Å². The molecule has 0 aliphatic heterocycles. The number of rotatable bonds is 0. The summed E-state index contributed by atoms with van der Waals surface area (Å²) >= 11 is 0. The molecular formula is C8H10CeCl2-2. The van der Waals surface area contributed by atoms with E-state index in [-0.39, 0.29) is 66.6 Å². The van der Waals surface area contributed by atoms with Crippen LogP contribution in [0.4, 0.5) is 0 Å². The molecule has 0 heterocycles. The van der Waals surface area contributed by atoms with Crippen LogP contribution in [0.1, 0.15) is 0 Å². The molecule has 0 saturated heterocycles. The monoisotopic (exact) mass is 316 g/mol. The Morgan fingerprint density at radius 3 is 1.36 bits per heavy atom. The van der Waals surface area contributed by atoms with E-state index in [1.54, 1.807) is 0 Å². The van der Waals surface area contributed by atoms with Gasteiger partial charge in [0, 0.05) is 41.7 Å². The van der Waals surface area contributed by atoms with E-state index in [1.807, 2.05) is 30.3 Å². The van der Waals surface area contributed by atoms with E-state index in [1.165, 1.54) is 0 Å². The van der Waals surface area contributed by atoms with Gasteiger partial charge in [-0.05, 0) is 0 Å². The summed E-state index contributed by atoms with van der Waals surface area (Å²) in [5, 5.41) is 0. The molecule has 3 heteroatoms. The average molecular weight is 317 g/mol. The minimum absolute atomic E-state index is 0. The van der Waals surface area contributed by atoms with Crippen molar-refractivity contribution < 1.29 is 41.7 Å². The molecule has 0 aromatic heterocycles. The van der Waals surface area contributed by atoms with Crippen molar-refractivity contribution in [3.63, 3.8) is 0 Å². The van der Waals surface area contributed by atoms with Crippen molar-refractivity contribution in [2.75, 3.05) is 0 Å². The SMILES string of the molecule is Cl.Cl.[CH-]=C.[Ce].[c-]1ccccc1. The van der Waals surface area contributed by atoms with E-state index in [0.717, 1.165) is 0 Å². The number of benzene rings is 1. The summed E-state index contributed by atoms with van der Waals surface area (Å²) < 4.78 is 0. The smallest absolute Gasteiger partial charge is 0 e. The van der Waals surface area contributed by atoms with Gasteiger partial charge in [0.25, 0.3) is 0 Å². The maximum absolute atomic E-state index is 4.25. The van der Waals surface area contributed by atoms with Gasteiger partial charge in [-0.25, -0.2) is 0 Å². The molecule has 1 rings (SSSR count). The normalized spacial score (nSPS) is 4.73. The van der Waals surface area contributed by atoms with Crippen molar-refractivity contribution in [1.29, 1.82) is 0 Å². The van der Waals surface area contributed by atoms with Gasteiger partial charge < -0.3 is 6.58 Å². The Balaban J connectivity index is -0.0000000459. The largest absolute Gasteiger partial charge is 0.521 e. The second kappa shape index (κ2) is 22.4. The van der Waals surface area contributed by atoms with E-state index in [2.05, 4.69) is 19.2 Å². The van der Waals surface area contributed by atoms with Crippen LogP contribution in [0.2, 0.25) is 0 Å². The second-order valence-corrected chi connectivity index (χ2v) is 1.08. The van der Waals surface area contributed by atoms with Crippen molar-refractivity contribution in [3.05, 3.63) is 49.6 Å². The molecular weight excluding hydrogens is 307 g/mol. The van der Waals surface area contributed by atoms with Gasteiger partial charge in [-0.1, -0.05) is 0 Å². The molecule has 0 fully saturated rings. The van der Waals surface area contributed by atoms with Crippen LogP contribution in [0.5, 0.6) is 0 Å². The second-order valence-electron chi connectivity index (χ2n) is 1.08. The zero-order valence-corrected chi connectivity index (χ0v) is 10.8. The molecule has 0 atom stereocenters. The quantitative estimate of drug-likeness (QED) is 0.646. The summed E-state index contributed by atoms with van der Waals surface area (Å²) in [5.41, 5.74) is 0. The Kier molecular flexibility index (Phi) is 46.2. The zero-order chi connectivity index (χ0) is 6.24. The van der Waals surface area contributed by atoms with Gasteiger partial charge in [-0.15, -0.1) is 24.8 Å². The van der Waals surface area contributed by atoms with Crippen LogP contribution >= 0.6 is 24.8 Å². The van der Waals surface area contributed by atoms with Crippen molar-refractivity contribution in [3.8, 4) is 0 Å². The van der Waals surface area contributed by atoms with Crippen molar-refractivity contribution >= 4 is 24.8 Å². The van der Waals surface area contributed by atoms with Gasteiger partial charge in [-0.2, -0.15) is 36.4 Å². The van der Waals surface area contributed by atoms with Gasteiger partial charge in [0.05, 0.1) is 0 Å². The molecule has 0 saturated carbocycles. The summed E-state index contributed by atoms with van der Waals surface area (Å²) in [5.74, 6) is 0. The predicted octanol–water partition coefficient (Wildman–Crippen LogP) is 2.94. The van der Waals surface area contributed by atoms with E-state index in [9.17, 15) is 0 Å². The first-order valence-corrected chi connectivity index (χ1v) is 2.32. The molecule has 0 N–H and O–H groups in total. The Bertz CT molecular complexity index is 94.9. The van der Waals surface area contributed by atoms with Crippen LogP contribution in [-0.4, -0.2) is 0 Å². The summed E-state index contributed by atoms with van der Waals surface area (Å²) in [7, 11) is 0. The molecule has 0 amide bonds. The number of hydrogen-bond donors (Lipinski definition) is 0. The molecule has 0 unspecified atom stereocenters. The van der Waals surface area contributed by atoms with Crippen LogP contribution in [0.15, 0.2) is 36.9 Å². The first-order chi connectivity index (χ1) is 4.00. The molecule has 0 radical (unpaired) electrons. The summed E-state index contributed by atoms with van der Waals surface area (Å²) in [6.07, 6.45) is 0. The van der Waals surface area contributed by atoms with Crippen LogP contribution in [0.3, 0.4) is 0 Å². The number of hydrogen-bond acceptors (Lipinski definition) is 0. The van der Waals surface area contributed by atoms with Gasteiger partial charge in [0.2, 0.25) is 0 Å². The molecule has 0 spiro atoms. The third kappa shape index (κ3) is 18.1. The maximum atomic E-state index is 4.25. The topological polar surface area (TPSA) is 0 Å². The van der Waals surface area contributed by atoms with Crippen molar-refractivity contribution in [2.45, 2.75) is 0 Å². The first-order valence-electron chi connectivity index (χ1n) is 2.32. The standard InChI is InChI=1S/C6H5.C2H3.Ce.2ClH/c1-2-4-6-5-3-1;1-2;;;/h1-5H;1H,2H2;;2*1H/q2*-1;;;. The molecule has 0 nitrogen and oxygen atoms in total. The Morgan fingerprint density at radius 2 is 1.27 bits per heavy atom. The predicted molar refractivity (Wildman–Crippen MR) is 49.7 cm³/mol. The summed E-state index contributed by atoms with van der Waals surface area (Å²) in [6.45, 7) is 7.00. The van der Waals surface area contributed by atoms with E-state index in [4.69, 9.17) is 0 Å². The van der Waals surface area contributed by atoms with E-state index < -0.39 is 0 Å². The Hall–Kier alpha value is 0.917. The third-order valence-corrected chi connectivity index (χ3v) is 0.607. The summed E-state index contributed by atoms with van der Waals surface area (Å²) in [6, 6.07) is 12.5. The molecule has 0 aliphatic rings. The average Bonchev–Trinajstić information content (AvgIpc) is 1.96. The van der Waals surface area contributed by atoms with Crippen LogP contribution < -0.4 is 0 Å². The zero-order valence-electron chi connectivity index (χ0n) is 5.99. The molecule has 11 heavy (non-hydrogen) atoms. The minimum atomic E-state index is 0. The molecule has 62 valence electrons. The Morgan fingerprint density at radius 1 is 0.909 bits per heavy atom. The summed E-state index contributed by atoms with van der Waals surface area (Å²) in [4.78, 5) is 0. The van der Waals surface area contributed by atoms with Crippen molar-refractivity contribution in [1.82, 2.24) is 0 Å². The fourth-order valence-corrected chi connectivity index (χ4v) is 0.342. The van der Waals surface area contributed by atoms with Gasteiger partial charge >= 0.3 is 0 Å². The fraction of sp³-hybridized carbons (Fsp3) is 0. The third-order valence-electron chi connectivity index (χ3n) is 0.607. The maximum Gasteiger partial charge on any atom is 0 e. The fourth-order valence-electron chi connectivity index (χ4n) is 0.342. The van der Waals surface area contributed by atoms with E-state index in [0.29, 0.717) is 0 Å². The molecule has 0 aliphatic carbocycles. The van der Waals surface area contributed by atoms with E-state index >= 15 is 0 Å². The number of halogens is 2. The first kappa shape index (κ1) is 22.7. The van der Waals surface area contributed by atoms with Crippen LogP contribution in [-0.2, 0) is 0 Å². The van der Waals surface area contributed by atoms with Gasteiger partial charge in [0.1, 0.15) is 0 Å².